The topological polar surface area (TPSA) is 182 Å². The van der Waals surface area contributed by atoms with Crippen molar-refractivity contribution in [3.8, 4) is 0 Å². The second-order valence-corrected chi connectivity index (χ2v) is 10.4. The van der Waals surface area contributed by atoms with Gasteiger partial charge in [0.05, 0.1) is 14.2 Å². The van der Waals surface area contributed by atoms with Gasteiger partial charge in [-0.2, -0.15) is 0 Å². The molecular weight excluding hydrogens is 532 g/mol. The fourth-order valence-corrected chi connectivity index (χ4v) is 2.66. The third-order valence-corrected chi connectivity index (χ3v) is 4.37. The molecule has 0 unspecified atom stereocenters. The van der Waals surface area contributed by atoms with E-state index in [4.69, 9.17) is 18.9 Å². The number of methoxy groups -OCH3 is 2. The summed E-state index contributed by atoms with van der Waals surface area (Å²) in [6.45, 7) is 9.07. The number of carbonyl (C=O) groups is 6. The van der Waals surface area contributed by atoms with Crippen molar-refractivity contribution in [1.29, 1.82) is 0 Å². The maximum atomic E-state index is 12.0. The molecule has 0 rings (SSSR count). The Morgan fingerprint density at radius 3 is 1.23 bits per heavy atom. The van der Waals surface area contributed by atoms with Crippen LogP contribution in [0.3, 0.4) is 0 Å². The van der Waals surface area contributed by atoms with Crippen molar-refractivity contribution in [2.45, 2.75) is 90.5 Å². The number of allylic oxidation sites excluding steroid dienone is 2. The highest BCUT2D eigenvalue weighted by molar-refractivity contribution is 5.82. The molecule has 228 valence electrons. The van der Waals surface area contributed by atoms with Crippen LogP contribution < -0.4 is 10.6 Å². The lowest BCUT2D eigenvalue weighted by molar-refractivity contribution is -0.152. The summed E-state index contributed by atoms with van der Waals surface area (Å²) in [5.41, 5.74) is -1.57. The smallest absolute Gasteiger partial charge is 0.408 e. The zero-order valence-electron chi connectivity index (χ0n) is 24.5. The van der Waals surface area contributed by atoms with E-state index in [1.54, 1.807) is 53.7 Å². The molecule has 0 aromatic heterocycles. The summed E-state index contributed by atoms with van der Waals surface area (Å²) in [4.78, 5) is 71.5. The molecule has 2 atom stereocenters. The van der Waals surface area contributed by atoms with Gasteiger partial charge in [-0.15, -0.1) is 0 Å². The van der Waals surface area contributed by atoms with Gasteiger partial charge < -0.3 is 39.1 Å². The zero-order chi connectivity index (χ0) is 30.9. The Kier molecular flexibility index (Phi) is 16.0. The van der Waals surface area contributed by atoms with E-state index in [0.717, 1.165) is 14.2 Å². The molecule has 0 aliphatic heterocycles. The molecule has 0 saturated heterocycles. The number of esters is 4. The number of alkyl carbamates (subject to hydrolysis) is 2. The summed E-state index contributed by atoms with van der Waals surface area (Å²) >= 11 is 0. The lowest BCUT2D eigenvalue weighted by Gasteiger charge is -2.22. The molecule has 0 radical (unpaired) electrons. The Bertz CT molecular complexity index is 830. The summed E-state index contributed by atoms with van der Waals surface area (Å²) in [7, 11) is 2.26. The van der Waals surface area contributed by atoms with Crippen molar-refractivity contribution in [2.24, 2.45) is 0 Å². The third-order valence-electron chi connectivity index (χ3n) is 4.37. The number of amides is 2. The van der Waals surface area contributed by atoms with Crippen LogP contribution in [0.5, 0.6) is 0 Å². The summed E-state index contributed by atoms with van der Waals surface area (Å²) in [6.07, 6.45) is 2.15. The van der Waals surface area contributed by atoms with Crippen molar-refractivity contribution < 1.29 is 57.2 Å². The van der Waals surface area contributed by atoms with Gasteiger partial charge in [0.15, 0.2) is 12.1 Å². The van der Waals surface area contributed by atoms with Crippen molar-refractivity contribution in [1.82, 2.24) is 10.6 Å². The summed E-state index contributed by atoms with van der Waals surface area (Å²) < 4.78 is 29.5. The molecule has 0 heterocycles. The fraction of sp³-hybridized carbons (Fsp3) is 0.692. The van der Waals surface area contributed by atoms with E-state index < -0.39 is 72.6 Å². The monoisotopic (exact) mass is 574 g/mol. The number of hydrogen-bond acceptors (Lipinski definition) is 12. The molecule has 14 nitrogen and oxygen atoms in total. The Morgan fingerprint density at radius 2 is 0.950 bits per heavy atom. The SMILES string of the molecule is COC(=O)[C@H](COC(=O)CC/C=C/CCC(=O)OC[C@H](NC(=O)OC(C)(C)C)C(=O)OC)NC(=O)OC(C)(C)C. The second kappa shape index (κ2) is 17.7. The minimum Gasteiger partial charge on any atom is -0.467 e. The molecule has 0 aliphatic carbocycles. The standard InChI is InChI=1S/C26H42N2O12/c1-25(2,3)39-23(33)27-17(21(31)35-7)15-37-19(29)13-11-9-10-12-14-20(30)38-16-18(22(32)36-8)28-24(34)40-26(4,5)6/h9-10,17-18H,11-16H2,1-8H3,(H,27,33)(H,28,34)/b10-9+/t17-,18-/m0/s1. The highest BCUT2D eigenvalue weighted by atomic mass is 16.6. The average Bonchev–Trinajstić information content (AvgIpc) is 2.82. The fourth-order valence-electron chi connectivity index (χ4n) is 2.66. The van der Waals surface area contributed by atoms with Gasteiger partial charge in [-0.1, -0.05) is 12.2 Å². The lowest BCUT2D eigenvalue weighted by atomic mass is 10.2. The molecule has 2 N–H and O–H groups in total. The van der Waals surface area contributed by atoms with Gasteiger partial charge in [-0.3, -0.25) is 9.59 Å². The summed E-state index contributed by atoms with van der Waals surface area (Å²) in [6, 6.07) is -2.47. The zero-order valence-corrected chi connectivity index (χ0v) is 24.5. The molecule has 0 aromatic carbocycles. The molecule has 0 fully saturated rings. The van der Waals surface area contributed by atoms with E-state index in [-0.39, 0.29) is 12.8 Å². The Hall–Kier alpha value is -3.84. The minimum absolute atomic E-state index is 0.0155. The molecule has 0 aliphatic rings. The van der Waals surface area contributed by atoms with E-state index in [1.807, 2.05) is 0 Å². The first-order chi connectivity index (χ1) is 18.5. The van der Waals surface area contributed by atoms with Crippen LogP contribution in [0.4, 0.5) is 9.59 Å². The van der Waals surface area contributed by atoms with Crippen LogP contribution in [0.1, 0.15) is 67.2 Å². The number of rotatable bonds is 14. The average molecular weight is 575 g/mol. The summed E-state index contributed by atoms with van der Waals surface area (Å²) in [5.74, 6) is -2.83. The molecular formula is C26H42N2O12. The molecule has 2 amide bonds. The van der Waals surface area contributed by atoms with E-state index in [1.165, 1.54) is 0 Å². The minimum atomic E-state index is -1.23. The normalized spacial score (nSPS) is 12.9. The quantitative estimate of drug-likeness (QED) is 0.176. The first-order valence-corrected chi connectivity index (χ1v) is 12.6. The van der Waals surface area contributed by atoms with Crippen LogP contribution in [0.2, 0.25) is 0 Å². The van der Waals surface area contributed by atoms with Gasteiger partial charge in [-0.25, -0.2) is 19.2 Å². The second-order valence-electron chi connectivity index (χ2n) is 10.4. The summed E-state index contributed by atoms with van der Waals surface area (Å²) in [5, 5.41) is 4.59. The molecule has 0 spiro atoms. The van der Waals surface area contributed by atoms with Gasteiger partial charge in [0.1, 0.15) is 24.4 Å². The van der Waals surface area contributed by atoms with Crippen LogP contribution in [0.25, 0.3) is 0 Å². The Balaban J connectivity index is 4.44. The predicted molar refractivity (Wildman–Crippen MR) is 140 cm³/mol. The van der Waals surface area contributed by atoms with Gasteiger partial charge in [0, 0.05) is 12.8 Å². The largest absolute Gasteiger partial charge is 0.467 e. The highest BCUT2D eigenvalue weighted by Gasteiger charge is 2.27. The Labute approximate surface area is 234 Å². The molecule has 14 heteroatoms. The van der Waals surface area contributed by atoms with Gasteiger partial charge in [0.2, 0.25) is 0 Å². The van der Waals surface area contributed by atoms with Crippen molar-refractivity contribution >= 4 is 36.1 Å². The highest BCUT2D eigenvalue weighted by Crippen LogP contribution is 2.08. The van der Waals surface area contributed by atoms with Gasteiger partial charge >= 0.3 is 36.1 Å². The molecule has 0 bridgehead atoms. The number of nitrogens with one attached hydrogen (secondary N) is 2. The first kappa shape index (κ1) is 36.2. The molecule has 0 saturated carbocycles. The molecule has 0 aromatic rings. The van der Waals surface area contributed by atoms with Crippen LogP contribution >= 0.6 is 0 Å². The predicted octanol–water partition coefficient (Wildman–Crippen LogP) is 2.32. The lowest BCUT2D eigenvalue weighted by Crippen LogP contribution is -2.47. The van der Waals surface area contributed by atoms with Crippen LogP contribution in [0, 0.1) is 0 Å². The van der Waals surface area contributed by atoms with E-state index in [2.05, 4.69) is 20.1 Å². The van der Waals surface area contributed by atoms with Crippen molar-refractivity contribution in [3.63, 3.8) is 0 Å². The third kappa shape index (κ3) is 18.4. The number of carbonyl (C=O) groups excluding carboxylic acids is 6. The van der Waals surface area contributed by atoms with Gasteiger partial charge in [0.25, 0.3) is 0 Å². The van der Waals surface area contributed by atoms with Crippen LogP contribution in [0.15, 0.2) is 12.2 Å². The molecule has 40 heavy (non-hydrogen) atoms. The first-order valence-electron chi connectivity index (χ1n) is 12.6. The van der Waals surface area contributed by atoms with Gasteiger partial charge in [-0.05, 0) is 54.4 Å². The number of ether oxygens (including phenoxy) is 6. The Morgan fingerprint density at radius 1 is 0.625 bits per heavy atom. The van der Waals surface area contributed by atoms with E-state index in [0.29, 0.717) is 12.8 Å². The van der Waals surface area contributed by atoms with E-state index in [9.17, 15) is 28.8 Å². The van der Waals surface area contributed by atoms with E-state index >= 15 is 0 Å². The van der Waals surface area contributed by atoms with Crippen molar-refractivity contribution in [3.05, 3.63) is 12.2 Å². The van der Waals surface area contributed by atoms with Crippen molar-refractivity contribution in [2.75, 3.05) is 27.4 Å². The maximum absolute atomic E-state index is 12.0. The van der Waals surface area contributed by atoms with Crippen LogP contribution in [-0.2, 0) is 47.6 Å². The van der Waals surface area contributed by atoms with Crippen LogP contribution in [-0.4, -0.2) is 86.8 Å². The maximum Gasteiger partial charge on any atom is 0.408 e. The number of hydrogen-bond donors (Lipinski definition) is 2.